The first-order valence-electron chi connectivity index (χ1n) is 4.98. The first-order valence-corrected chi connectivity index (χ1v) is 5.39. The molecule has 0 amide bonds. The molecule has 0 spiro atoms. The molecule has 1 fully saturated rings. The summed E-state index contributed by atoms with van der Waals surface area (Å²) in [4.78, 5) is 7.60. The van der Waals surface area contributed by atoms with Crippen LogP contribution in [0.2, 0.25) is 0 Å². The van der Waals surface area contributed by atoms with E-state index >= 15 is 0 Å². The van der Waals surface area contributed by atoms with Gasteiger partial charge < -0.3 is 9.40 Å². The second-order valence-electron chi connectivity index (χ2n) is 3.77. The fourth-order valence-electron chi connectivity index (χ4n) is 1.59. The van der Waals surface area contributed by atoms with Gasteiger partial charge in [0.05, 0.1) is 12.0 Å². The maximum atomic E-state index is 5.32. The van der Waals surface area contributed by atoms with Crippen LogP contribution in [-0.2, 0) is 0 Å². The Morgan fingerprint density at radius 1 is 1.47 bits per heavy atom. The SMILES string of the molecule is S=c1cc(-c2ccco2)[nH]c(C2CC2)n1. The first-order chi connectivity index (χ1) is 7.33. The Morgan fingerprint density at radius 2 is 2.33 bits per heavy atom. The van der Waals surface area contributed by atoms with E-state index in [1.165, 1.54) is 12.8 Å². The average molecular weight is 218 g/mol. The third-order valence-corrected chi connectivity index (χ3v) is 2.72. The number of aromatic nitrogens is 2. The van der Waals surface area contributed by atoms with E-state index in [0.717, 1.165) is 17.3 Å². The molecule has 0 atom stereocenters. The quantitative estimate of drug-likeness (QED) is 0.786. The van der Waals surface area contributed by atoms with Gasteiger partial charge in [-0.2, -0.15) is 0 Å². The smallest absolute Gasteiger partial charge is 0.150 e. The zero-order chi connectivity index (χ0) is 10.3. The second-order valence-corrected chi connectivity index (χ2v) is 4.19. The van der Waals surface area contributed by atoms with E-state index in [1.54, 1.807) is 6.26 Å². The fourth-order valence-corrected chi connectivity index (χ4v) is 1.81. The fraction of sp³-hybridized carbons (Fsp3) is 0.273. The molecule has 3 rings (SSSR count). The summed E-state index contributed by atoms with van der Waals surface area (Å²) in [5.41, 5.74) is 0.918. The lowest BCUT2D eigenvalue weighted by molar-refractivity contribution is 0.579. The summed E-state index contributed by atoms with van der Waals surface area (Å²) in [5.74, 6) is 2.38. The maximum absolute atomic E-state index is 5.32. The number of nitrogens with one attached hydrogen (secondary N) is 1. The van der Waals surface area contributed by atoms with E-state index < -0.39 is 0 Å². The molecule has 76 valence electrons. The maximum Gasteiger partial charge on any atom is 0.150 e. The molecule has 2 aromatic rings. The Bertz CT molecular complexity index is 526. The third kappa shape index (κ3) is 1.72. The number of aromatic amines is 1. The Hall–Kier alpha value is -1.42. The van der Waals surface area contributed by atoms with E-state index in [1.807, 2.05) is 18.2 Å². The molecule has 1 N–H and O–H groups in total. The lowest BCUT2D eigenvalue weighted by Crippen LogP contribution is -1.94. The molecule has 15 heavy (non-hydrogen) atoms. The summed E-state index contributed by atoms with van der Waals surface area (Å²) >= 11 is 5.14. The molecule has 0 radical (unpaired) electrons. The highest BCUT2D eigenvalue weighted by Gasteiger charge is 2.26. The summed E-state index contributed by atoms with van der Waals surface area (Å²) in [6, 6.07) is 5.61. The van der Waals surface area contributed by atoms with Crippen LogP contribution in [0.3, 0.4) is 0 Å². The van der Waals surface area contributed by atoms with Gasteiger partial charge in [0.25, 0.3) is 0 Å². The summed E-state index contributed by atoms with van der Waals surface area (Å²) in [6.07, 6.45) is 4.07. The molecule has 1 aliphatic carbocycles. The minimum atomic E-state index is 0.571. The normalized spacial score (nSPS) is 15.5. The highest BCUT2D eigenvalue weighted by Crippen LogP contribution is 2.38. The predicted molar refractivity (Wildman–Crippen MR) is 59.1 cm³/mol. The number of nitrogens with zero attached hydrogens (tertiary/aromatic N) is 1. The van der Waals surface area contributed by atoms with Crippen molar-refractivity contribution in [3.05, 3.63) is 34.9 Å². The number of rotatable bonds is 2. The Labute approximate surface area is 92.2 Å². The van der Waals surface area contributed by atoms with Gasteiger partial charge in [-0.3, -0.25) is 0 Å². The summed E-state index contributed by atoms with van der Waals surface area (Å²) in [7, 11) is 0. The largest absolute Gasteiger partial charge is 0.463 e. The van der Waals surface area contributed by atoms with Gasteiger partial charge in [0.2, 0.25) is 0 Å². The van der Waals surface area contributed by atoms with Gasteiger partial charge >= 0.3 is 0 Å². The lowest BCUT2D eigenvalue weighted by Gasteiger charge is -2.01. The van der Waals surface area contributed by atoms with Gasteiger partial charge in [0, 0.05) is 12.0 Å². The van der Waals surface area contributed by atoms with Crippen molar-refractivity contribution in [1.29, 1.82) is 0 Å². The summed E-state index contributed by atoms with van der Waals surface area (Å²) in [6.45, 7) is 0. The van der Waals surface area contributed by atoms with Crippen molar-refractivity contribution in [3.8, 4) is 11.5 Å². The molecule has 1 saturated carbocycles. The predicted octanol–water partition coefficient (Wildman–Crippen LogP) is 3.28. The molecule has 2 aromatic heterocycles. The number of hydrogen-bond donors (Lipinski definition) is 1. The molecule has 0 aliphatic heterocycles. The van der Waals surface area contributed by atoms with Gasteiger partial charge in [-0.25, -0.2) is 4.98 Å². The van der Waals surface area contributed by atoms with Crippen molar-refractivity contribution in [3.63, 3.8) is 0 Å². The van der Waals surface area contributed by atoms with E-state index in [-0.39, 0.29) is 0 Å². The molecule has 0 aromatic carbocycles. The van der Waals surface area contributed by atoms with Crippen LogP contribution in [0.5, 0.6) is 0 Å². The minimum absolute atomic E-state index is 0.571. The molecule has 0 saturated heterocycles. The lowest BCUT2D eigenvalue weighted by atomic mass is 10.3. The van der Waals surface area contributed by atoms with Crippen LogP contribution in [0.15, 0.2) is 28.9 Å². The molecule has 2 heterocycles. The Kier molecular flexibility index (Phi) is 1.95. The number of furan rings is 1. The highest BCUT2D eigenvalue weighted by atomic mass is 32.1. The van der Waals surface area contributed by atoms with Crippen molar-refractivity contribution in [2.45, 2.75) is 18.8 Å². The summed E-state index contributed by atoms with van der Waals surface area (Å²) in [5, 5.41) is 0. The summed E-state index contributed by atoms with van der Waals surface area (Å²) < 4.78 is 5.95. The molecule has 4 heteroatoms. The monoisotopic (exact) mass is 218 g/mol. The minimum Gasteiger partial charge on any atom is -0.463 e. The van der Waals surface area contributed by atoms with Crippen LogP contribution < -0.4 is 0 Å². The molecule has 3 nitrogen and oxygen atoms in total. The standard InChI is InChI=1S/C11H10N2OS/c15-10-6-8(9-2-1-5-14-9)12-11(13-10)7-3-4-7/h1-2,5-7H,3-4H2,(H,12,13,15). The van der Waals surface area contributed by atoms with Crippen LogP contribution in [0.1, 0.15) is 24.6 Å². The second kappa shape index (κ2) is 3.31. The van der Waals surface area contributed by atoms with Crippen LogP contribution in [-0.4, -0.2) is 9.97 Å². The van der Waals surface area contributed by atoms with Gasteiger partial charge in [0.1, 0.15) is 16.2 Å². The first kappa shape index (κ1) is 8.85. The van der Waals surface area contributed by atoms with E-state index in [9.17, 15) is 0 Å². The van der Waals surface area contributed by atoms with E-state index in [2.05, 4.69) is 9.97 Å². The van der Waals surface area contributed by atoms with Crippen LogP contribution >= 0.6 is 12.2 Å². The van der Waals surface area contributed by atoms with Gasteiger partial charge in [-0.15, -0.1) is 0 Å². The van der Waals surface area contributed by atoms with E-state index in [0.29, 0.717) is 10.6 Å². The van der Waals surface area contributed by atoms with Gasteiger partial charge in [-0.1, -0.05) is 12.2 Å². The van der Waals surface area contributed by atoms with Crippen molar-refractivity contribution in [1.82, 2.24) is 9.97 Å². The zero-order valence-electron chi connectivity index (χ0n) is 8.06. The van der Waals surface area contributed by atoms with Gasteiger partial charge in [0.15, 0.2) is 0 Å². The topological polar surface area (TPSA) is 41.8 Å². The Balaban J connectivity index is 2.11. The van der Waals surface area contributed by atoms with Crippen LogP contribution in [0.25, 0.3) is 11.5 Å². The molecular formula is C11H10N2OS. The molecule has 1 aliphatic rings. The molecular weight excluding hydrogens is 208 g/mol. The average Bonchev–Trinajstić information content (AvgIpc) is 2.93. The third-order valence-electron chi connectivity index (χ3n) is 2.51. The van der Waals surface area contributed by atoms with Gasteiger partial charge in [-0.05, 0) is 25.0 Å². The van der Waals surface area contributed by atoms with Crippen LogP contribution in [0.4, 0.5) is 0 Å². The van der Waals surface area contributed by atoms with Crippen molar-refractivity contribution in [2.24, 2.45) is 0 Å². The molecule has 0 unspecified atom stereocenters. The highest BCUT2D eigenvalue weighted by molar-refractivity contribution is 7.71. The van der Waals surface area contributed by atoms with Crippen LogP contribution in [0, 0.1) is 4.64 Å². The Morgan fingerprint density at radius 3 is 3.00 bits per heavy atom. The molecule has 0 bridgehead atoms. The number of hydrogen-bond acceptors (Lipinski definition) is 3. The zero-order valence-corrected chi connectivity index (χ0v) is 8.88. The van der Waals surface area contributed by atoms with Crippen molar-refractivity contribution in [2.75, 3.05) is 0 Å². The van der Waals surface area contributed by atoms with Crippen molar-refractivity contribution < 1.29 is 4.42 Å². The van der Waals surface area contributed by atoms with E-state index in [4.69, 9.17) is 16.6 Å². The van der Waals surface area contributed by atoms with Crippen molar-refractivity contribution >= 4 is 12.2 Å². The number of H-pyrrole nitrogens is 1.